The van der Waals surface area contributed by atoms with Crippen LogP contribution in [-0.2, 0) is 0 Å². The van der Waals surface area contributed by atoms with Crippen LogP contribution in [0.5, 0.6) is 5.75 Å². The summed E-state index contributed by atoms with van der Waals surface area (Å²) in [4.78, 5) is 6.86. The van der Waals surface area contributed by atoms with Crippen LogP contribution in [0.15, 0.2) is 40.1 Å². The van der Waals surface area contributed by atoms with Crippen LogP contribution in [-0.4, -0.2) is 46.8 Å². The molecule has 1 aromatic heterocycles. The molecule has 0 saturated carbocycles. The summed E-state index contributed by atoms with van der Waals surface area (Å²) in [5.41, 5.74) is 2.05. The number of benzene rings is 1. The van der Waals surface area contributed by atoms with E-state index >= 15 is 0 Å². The summed E-state index contributed by atoms with van der Waals surface area (Å²) in [7, 11) is 0. The van der Waals surface area contributed by atoms with E-state index in [4.69, 9.17) is 16.3 Å². The van der Waals surface area contributed by atoms with Gasteiger partial charge in [0.2, 0.25) is 0 Å². The summed E-state index contributed by atoms with van der Waals surface area (Å²) >= 11 is 6.18. The molecule has 7 heteroatoms. The predicted molar refractivity (Wildman–Crippen MR) is 95.3 cm³/mol. The number of likely N-dealkylation sites (tertiary alicyclic amines) is 1. The van der Waals surface area contributed by atoms with Crippen LogP contribution in [0.25, 0.3) is 10.9 Å². The molecule has 0 spiro atoms. The summed E-state index contributed by atoms with van der Waals surface area (Å²) in [5.74, 6) is 1.91. The lowest BCUT2D eigenvalue weighted by molar-refractivity contribution is 0.131. The maximum Gasteiger partial charge on any atom is 0.131 e. The Bertz CT molecular complexity index is 804. The minimum atomic E-state index is 0.229. The Morgan fingerprint density at radius 3 is 2.96 bits per heavy atom. The van der Waals surface area contributed by atoms with Crippen LogP contribution in [0.2, 0.25) is 0 Å². The molecule has 2 aliphatic rings. The van der Waals surface area contributed by atoms with Gasteiger partial charge < -0.3 is 15.0 Å². The van der Waals surface area contributed by atoms with Crippen LogP contribution >= 0.6 is 11.6 Å². The van der Waals surface area contributed by atoms with Gasteiger partial charge in [-0.15, -0.1) is 0 Å². The molecular weight excluding hydrogens is 326 g/mol. The van der Waals surface area contributed by atoms with E-state index in [9.17, 15) is 0 Å². The highest BCUT2D eigenvalue weighted by Crippen LogP contribution is 2.24. The number of rotatable bonds is 2. The number of amidine groups is 1. The smallest absolute Gasteiger partial charge is 0.131 e. The van der Waals surface area contributed by atoms with Gasteiger partial charge >= 0.3 is 0 Å². The molecule has 2 N–H and O–H groups in total. The minimum absolute atomic E-state index is 0.229. The van der Waals surface area contributed by atoms with Crippen LogP contribution in [0.3, 0.4) is 0 Å². The largest absolute Gasteiger partial charge is 0.490 e. The molecule has 24 heavy (non-hydrogen) atoms. The second-order valence-electron chi connectivity index (χ2n) is 6.18. The highest BCUT2D eigenvalue weighted by Gasteiger charge is 2.25. The van der Waals surface area contributed by atoms with Crippen LogP contribution in [0.1, 0.15) is 19.8 Å². The Hall–Kier alpha value is -2.21. The Balaban J connectivity index is 1.38. The molecule has 0 unspecified atom stereocenters. The molecular formula is C17H20ClN5O. The van der Waals surface area contributed by atoms with Crippen molar-refractivity contribution in [1.29, 1.82) is 0 Å². The molecule has 0 aliphatic carbocycles. The predicted octanol–water partition coefficient (Wildman–Crippen LogP) is 2.84. The molecule has 1 aromatic carbocycles. The monoisotopic (exact) mass is 345 g/mol. The number of aliphatic imine (C=N–C) groups is 1. The number of halogens is 1. The third-order valence-electron chi connectivity index (χ3n) is 4.58. The molecule has 1 saturated heterocycles. The van der Waals surface area contributed by atoms with E-state index < -0.39 is 0 Å². The Morgan fingerprint density at radius 1 is 1.29 bits per heavy atom. The van der Waals surface area contributed by atoms with Crippen molar-refractivity contribution in [3.8, 4) is 5.75 Å². The quantitative estimate of drug-likeness (QED) is 0.821. The molecule has 2 aromatic rings. The van der Waals surface area contributed by atoms with Crippen LogP contribution in [0.4, 0.5) is 0 Å². The van der Waals surface area contributed by atoms with E-state index in [-0.39, 0.29) is 6.10 Å². The average molecular weight is 346 g/mol. The Labute approximate surface area is 145 Å². The van der Waals surface area contributed by atoms with Crippen molar-refractivity contribution in [2.24, 2.45) is 4.99 Å². The summed E-state index contributed by atoms with van der Waals surface area (Å²) in [5, 5.41) is 11.8. The number of aromatic amines is 1. The lowest BCUT2D eigenvalue weighted by Crippen LogP contribution is -2.44. The van der Waals surface area contributed by atoms with E-state index in [1.165, 1.54) is 0 Å². The molecule has 0 bridgehead atoms. The SMILES string of the molecule is CC1=C(Cl)NCN=C1N1CCC(Oc2ccc3[nH]ncc3c2)CC1. The standard InChI is InChI=1S/C17H20ClN5O/c1-11-16(18)19-10-20-17(11)23-6-4-13(5-7-23)24-14-2-3-15-12(8-14)9-21-22-15/h2-3,8-9,13,19H,4-7,10H2,1H3,(H,21,22). The summed E-state index contributed by atoms with van der Waals surface area (Å²) in [6.45, 7) is 4.42. The number of hydrogen-bond donors (Lipinski definition) is 2. The minimum Gasteiger partial charge on any atom is -0.490 e. The first-order valence-corrected chi connectivity index (χ1v) is 8.58. The molecule has 0 radical (unpaired) electrons. The molecule has 1 fully saturated rings. The lowest BCUT2D eigenvalue weighted by atomic mass is 10.1. The van der Waals surface area contributed by atoms with Crippen molar-refractivity contribution < 1.29 is 4.74 Å². The molecule has 2 aliphatic heterocycles. The van der Waals surface area contributed by atoms with E-state index in [0.717, 1.165) is 54.0 Å². The van der Waals surface area contributed by atoms with E-state index in [1.807, 2.05) is 31.3 Å². The number of fused-ring (bicyclic) bond motifs is 1. The fourth-order valence-corrected chi connectivity index (χ4v) is 3.39. The van der Waals surface area contributed by atoms with Crippen molar-refractivity contribution in [2.75, 3.05) is 19.8 Å². The van der Waals surface area contributed by atoms with Gasteiger partial charge in [-0.1, -0.05) is 11.6 Å². The summed E-state index contributed by atoms with van der Waals surface area (Å²) in [6, 6.07) is 6.04. The topological polar surface area (TPSA) is 65.5 Å². The first kappa shape index (κ1) is 15.3. The van der Waals surface area contributed by atoms with Gasteiger partial charge in [-0.2, -0.15) is 5.10 Å². The first-order valence-electron chi connectivity index (χ1n) is 8.20. The number of H-pyrrole nitrogens is 1. The summed E-state index contributed by atoms with van der Waals surface area (Å²) in [6.07, 6.45) is 3.99. The number of piperidine rings is 1. The molecule has 4 rings (SSSR count). The molecule has 0 atom stereocenters. The van der Waals surface area contributed by atoms with Gasteiger partial charge in [0.25, 0.3) is 0 Å². The van der Waals surface area contributed by atoms with Gasteiger partial charge in [0.1, 0.15) is 29.5 Å². The van der Waals surface area contributed by atoms with Crippen LogP contribution < -0.4 is 10.1 Å². The third kappa shape index (κ3) is 2.94. The summed E-state index contributed by atoms with van der Waals surface area (Å²) < 4.78 is 6.16. The van der Waals surface area contributed by atoms with Gasteiger partial charge in [0.15, 0.2) is 0 Å². The van der Waals surface area contributed by atoms with Crippen LogP contribution in [0, 0.1) is 0 Å². The van der Waals surface area contributed by atoms with E-state index in [1.54, 1.807) is 0 Å². The van der Waals surface area contributed by atoms with Gasteiger partial charge in [-0.3, -0.25) is 5.10 Å². The number of aromatic nitrogens is 2. The van der Waals surface area contributed by atoms with Crippen molar-refractivity contribution >= 4 is 28.3 Å². The van der Waals surface area contributed by atoms with Crippen molar-refractivity contribution in [3.63, 3.8) is 0 Å². The number of nitrogens with zero attached hydrogens (tertiary/aromatic N) is 3. The number of nitrogens with one attached hydrogen (secondary N) is 2. The third-order valence-corrected chi connectivity index (χ3v) is 5.00. The zero-order chi connectivity index (χ0) is 16.5. The fraction of sp³-hybridized carbons (Fsp3) is 0.412. The lowest BCUT2D eigenvalue weighted by Gasteiger charge is -2.35. The Kier molecular flexibility index (Phi) is 4.06. The van der Waals surface area contributed by atoms with Gasteiger partial charge in [0.05, 0.1) is 11.7 Å². The Morgan fingerprint density at radius 2 is 2.12 bits per heavy atom. The van der Waals surface area contributed by atoms with Crippen molar-refractivity contribution in [2.45, 2.75) is 25.9 Å². The maximum absolute atomic E-state index is 6.18. The molecule has 6 nitrogen and oxygen atoms in total. The van der Waals surface area contributed by atoms with Gasteiger partial charge in [0, 0.05) is 36.9 Å². The maximum atomic E-state index is 6.18. The molecule has 3 heterocycles. The van der Waals surface area contributed by atoms with Gasteiger partial charge in [-0.05, 0) is 25.1 Å². The van der Waals surface area contributed by atoms with Crippen molar-refractivity contribution in [1.82, 2.24) is 20.4 Å². The molecule has 0 amide bonds. The fourth-order valence-electron chi connectivity index (χ4n) is 3.24. The zero-order valence-electron chi connectivity index (χ0n) is 13.6. The van der Waals surface area contributed by atoms with E-state index in [2.05, 4.69) is 25.4 Å². The number of hydrogen-bond acceptors (Lipinski definition) is 5. The van der Waals surface area contributed by atoms with Crippen molar-refractivity contribution in [3.05, 3.63) is 35.1 Å². The second kappa shape index (κ2) is 6.36. The highest BCUT2D eigenvalue weighted by atomic mass is 35.5. The van der Waals surface area contributed by atoms with Gasteiger partial charge in [-0.25, -0.2) is 4.99 Å². The molecule has 126 valence electrons. The zero-order valence-corrected chi connectivity index (χ0v) is 14.3. The van der Waals surface area contributed by atoms with E-state index in [0.29, 0.717) is 11.8 Å². The average Bonchev–Trinajstić information content (AvgIpc) is 3.06. The normalized spacial score (nSPS) is 19.4. The number of ether oxygens (including phenoxy) is 1. The highest BCUT2D eigenvalue weighted by molar-refractivity contribution is 6.31. The second-order valence-corrected chi connectivity index (χ2v) is 6.56. The first-order chi connectivity index (χ1) is 11.7.